The van der Waals surface area contributed by atoms with Crippen LogP contribution in [-0.2, 0) is 4.74 Å². The molecular weight excluding hydrogens is 270 g/mol. The lowest BCUT2D eigenvalue weighted by atomic mass is 10.2. The number of rotatable bonds is 3. The van der Waals surface area contributed by atoms with Crippen LogP contribution in [-0.4, -0.2) is 35.7 Å². The molecule has 0 aliphatic carbocycles. The molecule has 0 bridgehead atoms. The third-order valence-electron chi connectivity index (χ3n) is 2.51. The van der Waals surface area contributed by atoms with Crippen LogP contribution in [0, 0.1) is 6.92 Å². The van der Waals surface area contributed by atoms with Gasteiger partial charge in [-0.25, -0.2) is 14.5 Å². The van der Waals surface area contributed by atoms with Gasteiger partial charge in [0.15, 0.2) is 0 Å². The van der Waals surface area contributed by atoms with Crippen molar-refractivity contribution < 1.29 is 14.3 Å². The minimum Gasteiger partial charge on any atom is -0.443 e. The Labute approximate surface area is 125 Å². The number of aryl methyl sites for hydroxylation is 1. The number of imide groups is 1. The fourth-order valence-electron chi connectivity index (χ4n) is 1.55. The standard InChI is InChI=1S/C15H23N3O3/c1-11-5-7-12(8-6-11)17-13(19)18(10-9-16)14(20)21-15(2,3)4/h5-8H,9-10,16H2,1-4H3,(H,17,19). The fraction of sp³-hybridized carbons (Fsp3) is 0.467. The second-order valence-corrected chi connectivity index (χ2v) is 5.72. The van der Waals surface area contributed by atoms with Crippen molar-refractivity contribution in [3.05, 3.63) is 29.8 Å². The van der Waals surface area contributed by atoms with Crippen molar-refractivity contribution >= 4 is 17.8 Å². The summed E-state index contributed by atoms with van der Waals surface area (Å²) in [5.74, 6) is 0. The Morgan fingerprint density at radius 3 is 2.29 bits per heavy atom. The number of nitrogens with zero attached hydrogens (tertiary/aromatic N) is 1. The predicted octanol–water partition coefficient (Wildman–Crippen LogP) is 2.72. The molecule has 0 heterocycles. The highest BCUT2D eigenvalue weighted by Gasteiger charge is 2.26. The molecule has 0 aromatic heterocycles. The lowest BCUT2D eigenvalue weighted by molar-refractivity contribution is 0.0337. The Hall–Kier alpha value is -2.08. The predicted molar refractivity (Wildman–Crippen MR) is 82.2 cm³/mol. The molecule has 3 N–H and O–H groups in total. The van der Waals surface area contributed by atoms with Gasteiger partial charge in [-0.3, -0.25) is 0 Å². The lowest BCUT2D eigenvalue weighted by Gasteiger charge is -2.26. The van der Waals surface area contributed by atoms with Crippen LogP contribution in [0.25, 0.3) is 0 Å². The molecule has 1 rings (SSSR count). The summed E-state index contributed by atoms with van der Waals surface area (Å²) in [6.07, 6.45) is -0.711. The van der Waals surface area contributed by atoms with Gasteiger partial charge in [0.25, 0.3) is 0 Å². The van der Waals surface area contributed by atoms with E-state index in [2.05, 4.69) is 5.32 Å². The van der Waals surface area contributed by atoms with E-state index in [-0.39, 0.29) is 13.1 Å². The molecule has 116 valence electrons. The molecule has 6 heteroatoms. The SMILES string of the molecule is Cc1ccc(NC(=O)N(CCN)C(=O)OC(C)(C)C)cc1. The largest absolute Gasteiger partial charge is 0.443 e. The molecule has 6 nitrogen and oxygen atoms in total. The van der Waals surface area contributed by atoms with Crippen molar-refractivity contribution in [3.8, 4) is 0 Å². The topological polar surface area (TPSA) is 84.7 Å². The van der Waals surface area contributed by atoms with Gasteiger partial charge >= 0.3 is 12.1 Å². The molecule has 0 aliphatic rings. The highest BCUT2D eigenvalue weighted by molar-refractivity contribution is 5.99. The third-order valence-corrected chi connectivity index (χ3v) is 2.51. The number of nitrogens with two attached hydrogens (primary N) is 1. The number of benzene rings is 1. The van der Waals surface area contributed by atoms with Gasteiger partial charge in [0.05, 0.1) is 0 Å². The van der Waals surface area contributed by atoms with Gasteiger partial charge < -0.3 is 15.8 Å². The normalized spacial score (nSPS) is 10.9. The molecule has 0 saturated carbocycles. The molecule has 21 heavy (non-hydrogen) atoms. The van der Waals surface area contributed by atoms with E-state index in [0.29, 0.717) is 5.69 Å². The van der Waals surface area contributed by atoms with Crippen LogP contribution in [0.3, 0.4) is 0 Å². The van der Waals surface area contributed by atoms with Gasteiger partial charge in [0.1, 0.15) is 5.60 Å². The fourth-order valence-corrected chi connectivity index (χ4v) is 1.55. The Morgan fingerprint density at radius 1 is 1.24 bits per heavy atom. The molecule has 3 amide bonds. The van der Waals surface area contributed by atoms with Crippen molar-refractivity contribution in [1.29, 1.82) is 0 Å². The molecule has 0 atom stereocenters. The van der Waals surface area contributed by atoms with Crippen molar-refractivity contribution in [2.75, 3.05) is 18.4 Å². The van der Waals surface area contributed by atoms with Crippen molar-refractivity contribution in [1.82, 2.24) is 4.90 Å². The zero-order valence-electron chi connectivity index (χ0n) is 13.0. The van der Waals surface area contributed by atoms with Crippen LogP contribution < -0.4 is 11.1 Å². The summed E-state index contributed by atoms with van der Waals surface area (Å²) in [6.45, 7) is 7.43. The average molecular weight is 293 g/mol. The summed E-state index contributed by atoms with van der Waals surface area (Å²) < 4.78 is 5.20. The van der Waals surface area contributed by atoms with Crippen LogP contribution in [0.4, 0.5) is 15.3 Å². The molecule has 0 fully saturated rings. The summed E-state index contributed by atoms with van der Waals surface area (Å²) in [4.78, 5) is 25.2. The molecule has 0 radical (unpaired) electrons. The Morgan fingerprint density at radius 2 is 1.81 bits per heavy atom. The number of nitrogens with one attached hydrogen (secondary N) is 1. The molecule has 0 spiro atoms. The second-order valence-electron chi connectivity index (χ2n) is 5.72. The van der Waals surface area contributed by atoms with E-state index in [1.807, 2.05) is 19.1 Å². The van der Waals surface area contributed by atoms with E-state index in [4.69, 9.17) is 10.5 Å². The second kappa shape index (κ2) is 7.08. The third kappa shape index (κ3) is 5.83. The number of ether oxygens (including phenoxy) is 1. The van der Waals surface area contributed by atoms with Crippen LogP contribution >= 0.6 is 0 Å². The molecule has 1 aromatic rings. The first-order valence-electron chi connectivity index (χ1n) is 6.81. The number of amides is 3. The Kier molecular flexibility index (Phi) is 5.72. The van der Waals surface area contributed by atoms with Crippen molar-refractivity contribution in [2.45, 2.75) is 33.3 Å². The van der Waals surface area contributed by atoms with E-state index in [9.17, 15) is 9.59 Å². The number of hydrogen-bond acceptors (Lipinski definition) is 4. The van der Waals surface area contributed by atoms with Gasteiger partial charge in [-0.15, -0.1) is 0 Å². The minimum absolute atomic E-state index is 0.0899. The Bertz CT molecular complexity index is 492. The highest BCUT2D eigenvalue weighted by Crippen LogP contribution is 2.13. The van der Waals surface area contributed by atoms with Crippen LogP contribution in [0.1, 0.15) is 26.3 Å². The van der Waals surface area contributed by atoms with Crippen molar-refractivity contribution in [2.24, 2.45) is 5.73 Å². The summed E-state index contributed by atoms with van der Waals surface area (Å²) >= 11 is 0. The minimum atomic E-state index is -0.711. The molecule has 0 aliphatic heterocycles. The molecule has 1 aromatic carbocycles. The summed E-state index contributed by atoms with van der Waals surface area (Å²) in [7, 11) is 0. The maximum Gasteiger partial charge on any atom is 0.418 e. The Balaban J connectivity index is 2.77. The first-order chi connectivity index (χ1) is 9.73. The van der Waals surface area contributed by atoms with E-state index in [0.717, 1.165) is 10.5 Å². The maximum absolute atomic E-state index is 12.2. The molecule has 0 saturated heterocycles. The van der Waals surface area contributed by atoms with E-state index >= 15 is 0 Å². The van der Waals surface area contributed by atoms with Gasteiger partial charge in [0.2, 0.25) is 0 Å². The molecular formula is C15H23N3O3. The van der Waals surface area contributed by atoms with Crippen molar-refractivity contribution in [3.63, 3.8) is 0 Å². The zero-order valence-corrected chi connectivity index (χ0v) is 13.0. The first kappa shape index (κ1) is 17.0. The van der Waals surface area contributed by atoms with Gasteiger partial charge in [-0.1, -0.05) is 17.7 Å². The number of carbonyl (C=O) groups excluding carboxylic acids is 2. The monoisotopic (exact) mass is 293 g/mol. The quantitative estimate of drug-likeness (QED) is 0.897. The van der Waals surface area contributed by atoms with Gasteiger partial charge in [-0.05, 0) is 39.8 Å². The average Bonchev–Trinajstić information content (AvgIpc) is 2.36. The maximum atomic E-state index is 12.2. The highest BCUT2D eigenvalue weighted by atomic mass is 16.6. The van der Waals surface area contributed by atoms with E-state index in [1.54, 1.807) is 32.9 Å². The van der Waals surface area contributed by atoms with Crippen LogP contribution in [0.5, 0.6) is 0 Å². The number of hydrogen-bond donors (Lipinski definition) is 2. The first-order valence-corrected chi connectivity index (χ1v) is 6.81. The lowest BCUT2D eigenvalue weighted by Crippen LogP contribution is -2.45. The molecule has 0 unspecified atom stereocenters. The summed E-state index contributed by atoms with van der Waals surface area (Å²) in [5.41, 5.74) is 6.47. The van der Waals surface area contributed by atoms with E-state index in [1.165, 1.54) is 0 Å². The van der Waals surface area contributed by atoms with Gasteiger partial charge in [-0.2, -0.15) is 0 Å². The summed E-state index contributed by atoms with van der Waals surface area (Å²) in [5, 5.41) is 2.65. The number of anilines is 1. The number of carbonyl (C=O) groups is 2. The van der Waals surface area contributed by atoms with Gasteiger partial charge in [0, 0.05) is 18.8 Å². The van der Waals surface area contributed by atoms with Crippen LogP contribution in [0.15, 0.2) is 24.3 Å². The zero-order chi connectivity index (χ0) is 16.0. The smallest absolute Gasteiger partial charge is 0.418 e. The van der Waals surface area contributed by atoms with Crippen LogP contribution in [0.2, 0.25) is 0 Å². The summed E-state index contributed by atoms with van der Waals surface area (Å²) in [6, 6.07) is 6.72. The number of urea groups is 1. The van der Waals surface area contributed by atoms with E-state index < -0.39 is 17.7 Å².